The molecule has 168 valence electrons. The van der Waals surface area contributed by atoms with E-state index in [-0.39, 0.29) is 18.0 Å². The van der Waals surface area contributed by atoms with Gasteiger partial charge in [0.05, 0.1) is 29.2 Å². The summed E-state index contributed by atoms with van der Waals surface area (Å²) >= 11 is 6.10. The van der Waals surface area contributed by atoms with Crippen LogP contribution < -0.4 is 5.32 Å². The Bertz CT molecular complexity index is 1170. The van der Waals surface area contributed by atoms with Crippen molar-refractivity contribution in [3.05, 3.63) is 106 Å². The first-order valence-corrected chi connectivity index (χ1v) is 11.6. The average molecular weight is 456 g/mol. The summed E-state index contributed by atoms with van der Waals surface area (Å²) in [6, 6.07) is 28.7. The van der Waals surface area contributed by atoms with Crippen molar-refractivity contribution in [3.63, 3.8) is 0 Å². The number of nitrogens with one attached hydrogen (secondary N) is 1. The van der Waals surface area contributed by atoms with Gasteiger partial charge in [-0.3, -0.25) is 0 Å². The molecule has 0 fully saturated rings. The number of nitrogens with zero attached hydrogens (tertiary/aromatic N) is 2. The minimum absolute atomic E-state index is 0.0350. The third-order valence-corrected chi connectivity index (χ3v) is 6.48. The van der Waals surface area contributed by atoms with Crippen LogP contribution in [-0.2, 0) is 6.42 Å². The monoisotopic (exact) mass is 455 g/mol. The van der Waals surface area contributed by atoms with E-state index in [1.54, 1.807) is 0 Å². The summed E-state index contributed by atoms with van der Waals surface area (Å²) in [7, 11) is 0. The summed E-state index contributed by atoms with van der Waals surface area (Å²) < 4.78 is 0. The first-order chi connectivity index (χ1) is 15.7. The van der Waals surface area contributed by atoms with Gasteiger partial charge in [-0.15, -0.1) is 0 Å². The van der Waals surface area contributed by atoms with Crippen LogP contribution in [0.15, 0.2) is 72.8 Å². The SMILES string of the molecule is Cc1cccc([C@H](N[C@@H](C)C(Cc2ccc(Cl)cc2)c2cccc(C#N)c2)C(C)(C)C#N)c1. The predicted molar refractivity (Wildman–Crippen MR) is 135 cm³/mol. The first kappa shape index (κ1) is 24.5. The maximum Gasteiger partial charge on any atom is 0.0991 e. The molecular weight excluding hydrogens is 426 g/mol. The normalized spacial score (nSPS) is 14.0. The molecule has 3 nitrogen and oxygen atoms in total. The number of benzene rings is 3. The van der Waals surface area contributed by atoms with Crippen molar-refractivity contribution in [3.8, 4) is 12.1 Å². The second-order valence-electron chi connectivity index (χ2n) is 9.31. The van der Waals surface area contributed by atoms with Crippen molar-refractivity contribution in [1.82, 2.24) is 5.32 Å². The van der Waals surface area contributed by atoms with Gasteiger partial charge in [0.2, 0.25) is 0 Å². The number of hydrogen-bond acceptors (Lipinski definition) is 3. The molecule has 0 radical (unpaired) electrons. The molecule has 1 unspecified atom stereocenters. The van der Waals surface area contributed by atoms with Crippen molar-refractivity contribution in [2.24, 2.45) is 5.41 Å². The lowest BCUT2D eigenvalue weighted by Gasteiger charge is -2.36. The van der Waals surface area contributed by atoms with Crippen LogP contribution in [0.3, 0.4) is 0 Å². The highest BCUT2D eigenvalue weighted by Gasteiger charge is 2.34. The average Bonchev–Trinajstić information content (AvgIpc) is 2.81. The molecule has 1 N–H and O–H groups in total. The minimum Gasteiger partial charge on any atom is -0.305 e. The highest BCUT2D eigenvalue weighted by Crippen LogP contribution is 2.36. The van der Waals surface area contributed by atoms with E-state index in [2.05, 4.69) is 55.6 Å². The Morgan fingerprint density at radius 2 is 1.61 bits per heavy atom. The van der Waals surface area contributed by atoms with Crippen molar-refractivity contribution in [2.45, 2.75) is 52.1 Å². The van der Waals surface area contributed by atoms with E-state index in [1.807, 2.05) is 62.4 Å². The molecule has 0 amide bonds. The fraction of sp³-hybridized carbons (Fsp3) is 0.310. The molecule has 0 spiro atoms. The molecule has 0 bridgehead atoms. The van der Waals surface area contributed by atoms with Gasteiger partial charge >= 0.3 is 0 Å². The zero-order chi connectivity index (χ0) is 24.0. The van der Waals surface area contributed by atoms with Gasteiger partial charge in [-0.2, -0.15) is 10.5 Å². The molecule has 0 aliphatic heterocycles. The van der Waals surface area contributed by atoms with E-state index in [9.17, 15) is 10.5 Å². The molecule has 0 aliphatic rings. The molecule has 33 heavy (non-hydrogen) atoms. The molecule has 3 atom stereocenters. The van der Waals surface area contributed by atoms with E-state index in [4.69, 9.17) is 11.6 Å². The number of hydrogen-bond donors (Lipinski definition) is 1. The van der Waals surface area contributed by atoms with Gasteiger partial charge in [0.25, 0.3) is 0 Å². The molecule has 0 saturated heterocycles. The quantitative estimate of drug-likeness (QED) is 0.393. The molecule has 0 heterocycles. The second-order valence-corrected chi connectivity index (χ2v) is 9.75. The molecule has 0 aliphatic carbocycles. The Balaban J connectivity index is 1.99. The largest absolute Gasteiger partial charge is 0.305 e. The van der Waals surface area contributed by atoms with Gasteiger partial charge in [0.15, 0.2) is 0 Å². The Kier molecular flexibility index (Phi) is 7.93. The fourth-order valence-corrected chi connectivity index (χ4v) is 4.44. The maximum atomic E-state index is 9.95. The lowest BCUT2D eigenvalue weighted by Crippen LogP contribution is -2.42. The predicted octanol–water partition coefficient (Wildman–Crippen LogP) is 7.12. The summed E-state index contributed by atoms with van der Waals surface area (Å²) in [5.74, 6) is 0.0984. The van der Waals surface area contributed by atoms with Crippen LogP contribution in [0.25, 0.3) is 0 Å². The maximum absolute atomic E-state index is 9.95. The van der Waals surface area contributed by atoms with E-state index in [0.29, 0.717) is 10.6 Å². The highest BCUT2D eigenvalue weighted by atomic mass is 35.5. The van der Waals surface area contributed by atoms with Gasteiger partial charge in [0.1, 0.15) is 0 Å². The molecule has 0 aromatic heterocycles. The number of rotatable bonds is 8. The van der Waals surface area contributed by atoms with E-state index < -0.39 is 5.41 Å². The zero-order valence-corrected chi connectivity index (χ0v) is 20.4. The van der Waals surface area contributed by atoms with Gasteiger partial charge < -0.3 is 5.32 Å². The molecule has 3 aromatic carbocycles. The Morgan fingerprint density at radius 1 is 0.939 bits per heavy atom. The van der Waals surface area contributed by atoms with Crippen molar-refractivity contribution >= 4 is 11.6 Å². The Hall–Kier alpha value is -3.11. The summed E-state index contributed by atoms with van der Waals surface area (Å²) in [6.45, 7) is 8.18. The molecule has 3 rings (SSSR count). The van der Waals surface area contributed by atoms with Crippen LogP contribution >= 0.6 is 11.6 Å². The zero-order valence-electron chi connectivity index (χ0n) is 19.6. The van der Waals surface area contributed by atoms with Crippen LogP contribution in [0.4, 0.5) is 0 Å². The lowest BCUT2D eigenvalue weighted by atomic mass is 9.79. The summed E-state index contributed by atoms with van der Waals surface area (Å²) in [4.78, 5) is 0. The first-order valence-electron chi connectivity index (χ1n) is 11.2. The molecule has 3 aromatic rings. The summed E-state index contributed by atoms with van der Waals surface area (Å²) in [5, 5.41) is 23.9. The van der Waals surface area contributed by atoms with Crippen molar-refractivity contribution < 1.29 is 0 Å². The minimum atomic E-state index is -0.610. The second kappa shape index (κ2) is 10.7. The number of halogens is 1. The van der Waals surface area contributed by atoms with Gasteiger partial charge in [-0.05, 0) is 75.1 Å². The summed E-state index contributed by atoms with van der Waals surface area (Å²) in [5.41, 5.74) is 4.58. The Morgan fingerprint density at radius 3 is 2.24 bits per heavy atom. The van der Waals surface area contributed by atoms with Gasteiger partial charge in [-0.1, -0.05) is 65.7 Å². The lowest BCUT2D eigenvalue weighted by molar-refractivity contribution is 0.281. The van der Waals surface area contributed by atoms with Gasteiger partial charge in [0, 0.05) is 17.0 Å². The number of nitriles is 2. The molecule has 0 saturated carbocycles. The highest BCUT2D eigenvalue weighted by molar-refractivity contribution is 6.30. The Labute approximate surface area is 202 Å². The van der Waals surface area contributed by atoms with Gasteiger partial charge in [-0.25, -0.2) is 0 Å². The molecular formula is C29H30ClN3. The fourth-order valence-electron chi connectivity index (χ4n) is 4.31. The topological polar surface area (TPSA) is 59.6 Å². The summed E-state index contributed by atoms with van der Waals surface area (Å²) in [6.07, 6.45) is 0.785. The van der Waals surface area contributed by atoms with Crippen LogP contribution in [0.5, 0.6) is 0 Å². The van der Waals surface area contributed by atoms with Crippen molar-refractivity contribution in [1.29, 1.82) is 10.5 Å². The van der Waals surface area contributed by atoms with Crippen molar-refractivity contribution in [2.75, 3.05) is 0 Å². The third-order valence-electron chi connectivity index (χ3n) is 6.23. The van der Waals surface area contributed by atoms with Crippen LogP contribution in [0.1, 0.15) is 60.5 Å². The standard InChI is InChI=1S/C29H30ClN3/c1-20-7-5-10-25(15-20)28(29(3,4)19-32)33-21(2)27(17-22-11-13-26(30)14-12-22)24-9-6-8-23(16-24)18-31/h5-16,21,27-28,33H,17H2,1-4H3/t21-,27?,28-/m0/s1. The van der Waals surface area contributed by atoms with Crippen LogP contribution in [-0.4, -0.2) is 6.04 Å². The van der Waals surface area contributed by atoms with E-state index in [1.165, 1.54) is 11.1 Å². The number of aryl methyl sites for hydroxylation is 1. The van der Waals surface area contributed by atoms with Crippen LogP contribution in [0, 0.1) is 35.0 Å². The van der Waals surface area contributed by atoms with E-state index in [0.717, 1.165) is 17.5 Å². The smallest absolute Gasteiger partial charge is 0.0991 e. The molecule has 4 heteroatoms. The third kappa shape index (κ3) is 6.23. The van der Waals surface area contributed by atoms with Crippen LogP contribution in [0.2, 0.25) is 5.02 Å². The van der Waals surface area contributed by atoms with E-state index >= 15 is 0 Å².